The lowest BCUT2D eigenvalue weighted by Crippen LogP contribution is -2.41. The molecule has 0 spiro atoms. The Hall–Kier alpha value is -10.4. The maximum Gasteiger partial charge on any atom is 0.335 e. The highest BCUT2D eigenvalue weighted by atomic mass is 16.5. The number of H-pyrrole nitrogens is 1. The van der Waals surface area contributed by atoms with Crippen LogP contribution in [0.2, 0.25) is 0 Å². The monoisotopic (exact) mass is 1880 g/mol. The zero-order valence-electron chi connectivity index (χ0n) is 77.4. The van der Waals surface area contributed by atoms with Gasteiger partial charge in [0.2, 0.25) is 29.5 Å². The number of ketones is 6. The number of rotatable bonds is 89. The summed E-state index contributed by atoms with van der Waals surface area (Å²) in [6.45, 7) is 5.75. The predicted octanol–water partition coefficient (Wildman–Crippen LogP) is 7.94. The number of amides is 5. The Morgan fingerprint density at radius 2 is 0.827 bits per heavy atom. The number of hydrogen-bond donors (Lipinski definition) is 12. The van der Waals surface area contributed by atoms with Crippen molar-refractivity contribution in [3.8, 4) is 11.5 Å². The van der Waals surface area contributed by atoms with Crippen LogP contribution >= 0.6 is 0 Å². The summed E-state index contributed by atoms with van der Waals surface area (Å²) in [5, 5.41) is 61.1. The third kappa shape index (κ3) is 60.5. The maximum atomic E-state index is 14.1. The van der Waals surface area contributed by atoms with Crippen molar-refractivity contribution in [3.63, 3.8) is 0 Å². The van der Waals surface area contributed by atoms with Crippen molar-refractivity contribution in [2.45, 2.75) is 238 Å². The van der Waals surface area contributed by atoms with Crippen LogP contribution in [0, 0.1) is 23.2 Å². The van der Waals surface area contributed by atoms with E-state index < -0.39 is 94.5 Å². The summed E-state index contributed by atoms with van der Waals surface area (Å²) in [5.41, 5.74) is 5.95. The second kappa shape index (κ2) is 73.1. The van der Waals surface area contributed by atoms with Gasteiger partial charge in [0.25, 0.3) is 0 Å². The number of aromatic nitrogens is 2. The molecule has 0 aliphatic rings. The summed E-state index contributed by atoms with van der Waals surface area (Å²) >= 11 is 0. The molecule has 39 heteroatoms. The molecule has 3 rings (SSSR count). The van der Waals surface area contributed by atoms with E-state index in [0.29, 0.717) is 81.8 Å². The van der Waals surface area contributed by atoms with Crippen molar-refractivity contribution in [1.29, 1.82) is 0 Å². The zero-order valence-corrected chi connectivity index (χ0v) is 77.4. The Morgan fingerprint density at radius 1 is 0.383 bits per heavy atom. The Morgan fingerprint density at radius 3 is 1.32 bits per heavy atom. The number of ether oxygens (including phenoxy) is 10. The van der Waals surface area contributed by atoms with Gasteiger partial charge in [0.05, 0.1) is 115 Å². The van der Waals surface area contributed by atoms with Gasteiger partial charge in [-0.05, 0) is 113 Å². The molecule has 0 radical (unpaired) electrons. The average Bonchev–Trinajstić information content (AvgIpc) is 1.84. The minimum Gasteiger partial charge on any atom is -0.494 e. The van der Waals surface area contributed by atoms with E-state index >= 15 is 0 Å². The van der Waals surface area contributed by atoms with Gasteiger partial charge in [-0.2, -0.15) is 0 Å². The SMILES string of the molecule is CC(C)(CC(=O)[C@@H](N)Cc1cnc[nH]1)C(=O)C[C@@H](CCCCNC(=O)COCCOCCCC(=O)COCCOCCNC(=O)CC[C@H](CC(=O)CCCCCCCCOc1cccc(C(=O)O)c1)C(=O)O)C(=O)C[C@@H](CCCCNC(=O)COCCOCCNC(=O)COCCOCCCC(=O)CC[C@H](NC(=O)CCCCCCCCOc1cccc(C(=O)O)c1)C(=O)O)C(=O)O. The predicted molar refractivity (Wildman–Crippen MR) is 484 cm³/mol. The second-order valence-electron chi connectivity index (χ2n) is 33.2. The van der Waals surface area contributed by atoms with E-state index in [0.717, 1.165) is 64.2 Å². The van der Waals surface area contributed by atoms with Crippen molar-refractivity contribution >= 4 is 94.1 Å². The van der Waals surface area contributed by atoms with Crippen LogP contribution in [0.1, 0.15) is 246 Å². The number of imidazole rings is 1. The van der Waals surface area contributed by atoms with Crippen LogP contribution in [-0.2, 0) is 111 Å². The molecule has 0 aliphatic carbocycles. The number of hydrogen-bond acceptors (Lipinski definition) is 28. The number of nitrogens with two attached hydrogens (primary N) is 1. The van der Waals surface area contributed by atoms with Gasteiger partial charge in [-0.25, -0.2) is 19.4 Å². The largest absolute Gasteiger partial charge is 0.494 e. The van der Waals surface area contributed by atoms with Gasteiger partial charge >= 0.3 is 29.8 Å². The standard InChI is InChI=1S/C94H144N8O31/c1-94(2,61-82(107)79(95)60-73-62-96-67-101-73)83(108)59-68(23-13-15-37-97-86(111)64-129-52-48-125-42-22-29-76(105)63-128-51-49-126-45-39-99-84(109)36-33-72(92(120)121)55-75(104)27-11-7-3-5-9-17-43-132-77-30-19-25-69(56-77)89(114)115)81(106)58-71(91(118)119)24-14-16-38-98-87(112)65-131-54-50-127-46-40-100-88(113)66-130-53-47-124-41-21-28-74(103)34-35-80(93(122)123)102-85(110)32-12-8-4-6-10-18-44-133-78-31-20-26-70(57-78)90(116)117/h19-20,25-26,30-31,56-57,62,67-68,71-72,79-80H,3-18,21-24,27-29,32-55,58-61,63-66,95H2,1-2H3,(H,96,101)(H,97,111)(H,98,112)(H,99,109)(H,100,113)(H,102,110)(H,114,115)(H,116,117)(H,118,119)(H,120,121)(H,122,123)/t68-,71-,72-,79+,80+/m1/s1. The first-order chi connectivity index (χ1) is 63.9. The van der Waals surface area contributed by atoms with Gasteiger partial charge in [0, 0.05) is 133 Å². The number of nitrogens with one attached hydrogen (secondary N) is 6. The average molecular weight is 1880 g/mol. The van der Waals surface area contributed by atoms with E-state index in [1.54, 1.807) is 44.3 Å². The second-order valence-corrected chi connectivity index (χ2v) is 33.2. The minimum atomic E-state index is -1.22. The number of carboxylic acid groups (broad SMARTS) is 5. The van der Waals surface area contributed by atoms with Gasteiger partial charge in [0.15, 0.2) is 11.6 Å². The fourth-order valence-electron chi connectivity index (χ4n) is 13.6. The summed E-state index contributed by atoms with van der Waals surface area (Å²) in [6, 6.07) is 10.5. The summed E-state index contributed by atoms with van der Waals surface area (Å²) in [7, 11) is 0. The number of carboxylic acids is 5. The third-order valence-corrected chi connectivity index (χ3v) is 21.4. The van der Waals surface area contributed by atoms with Gasteiger partial charge in [0.1, 0.15) is 67.1 Å². The molecular weight excluding hydrogens is 1740 g/mol. The highest BCUT2D eigenvalue weighted by Gasteiger charge is 2.36. The number of carbonyl (C=O) groups excluding carboxylic acids is 11. The number of aromatic carboxylic acids is 2. The molecule has 5 atom stereocenters. The van der Waals surface area contributed by atoms with E-state index in [4.69, 9.17) is 63.3 Å². The summed E-state index contributed by atoms with van der Waals surface area (Å²) in [5.74, 6) is -11.2. The number of nitrogens with zero attached hydrogens (tertiary/aromatic N) is 1. The lowest BCUT2D eigenvalue weighted by molar-refractivity contribution is -0.145. The Kier molecular flexibility index (Phi) is 64.1. The summed E-state index contributed by atoms with van der Waals surface area (Å²) < 4.78 is 54.8. The van der Waals surface area contributed by atoms with E-state index in [1.807, 2.05) is 0 Å². The van der Waals surface area contributed by atoms with Gasteiger partial charge < -0.3 is 110 Å². The molecule has 0 fully saturated rings. The van der Waals surface area contributed by atoms with Crippen molar-refractivity contribution in [3.05, 3.63) is 77.9 Å². The maximum absolute atomic E-state index is 14.1. The molecule has 746 valence electrons. The first-order valence-corrected chi connectivity index (χ1v) is 46.4. The Bertz CT molecular complexity index is 3940. The molecule has 0 bridgehead atoms. The van der Waals surface area contributed by atoms with Crippen LogP contribution in [0.25, 0.3) is 0 Å². The molecule has 13 N–H and O–H groups in total. The summed E-state index contributed by atoms with van der Waals surface area (Å²) in [6.07, 6.45) is 15.3. The zero-order chi connectivity index (χ0) is 97.5. The number of unbranched alkanes of at least 4 members (excludes halogenated alkanes) is 12. The number of carbonyl (C=O) groups is 16. The molecule has 0 aliphatic heterocycles. The molecule has 1 heterocycles. The van der Waals surface area contributed by atoms with Crippen LogP contribution < -0.4 is 41.8 Å². The fourth-order valence-corrected chi connectivity index (χ4v) is 13.6. The van der Waals surface area contributed by atoms with E-state index in [9.17, 15) is 92.0 Å². The fraction of sp³-hybridized carbons (Fsp3) is 0.670. The molecule has 133 heavy (non-hydrogen) atoms. The van der Waals surface area contributed by atoms with E-state index in [1.165, 1.54) is 30.6 Å². The van der Waals surface area contributed by atoms with Gasteiger partial charge in [-0.3, -0.25) is 62.3 Å². The van der Waals surface area contributed by atoms with E-state index in [-0.39, 0.29) is 274 Å². The Balaban J connectivity index is 1.19. The summed E-state index contributed by atoms with van der Waals surface area (Å²) in [4.78, 5) is 206. The van der Waals surface area contributed by atoms with Crippen LogP contribution in [0.5, 0.6) is 11.5 Å². The first kappa shape index (κ1) is 117. The molecule has 2 aromatic carbocycles. The molecule has 0 saturated heterocycles. The third-order valence-electron chi connectivity index (χ3n) is 21.4. The molecular formula is C94H144N8O31. The minimum absolute atomic E-state index is 0.0132. The van der Waals surface area contributed by atoms with Crippen LogP contribution in [0.4, 0.5) is 0 Å². The van der Waals surface area contributed by atoms with Crippen molar-refractivity contribution in [2.24, 2.45) is 28.9 Å². The van der Waals surface area contributed by atoms with Crippen molar-refractivity contribution in [1.82, 2.24) is 36.6 Å². The van der Waals surface area contributed by atoms with Crippen molar-refractivity contribution < 1.29 is 150 Å². The highest BCUT2D eigenvalue weighted by molar-refractivity contribution is 5.96. The molecule has 0 saturated carbocycles. The van der Waals surface area contributed by atoms with Crippen LogP contribution in [0.3, 0.4) is 0 Å². The topological polar surface area (TPSA) is 581 Å². The lowest BCUT2D eigenvalue weighted by atomic mass is 9.76. The number of Topliss-reactive ketones (excluding diaryl/α,β-unsaturated/α-hetero) is 6. The number of aromatic amines is 1. The van der Waals surface area contributed by atoms with Gasteiger partial charge in [-0.1, -0.05) is 90.2 Å². The van der Waals surface area contributed by atoms with Crippen LogP contribution in [0.15, 0.2) is 61.1 Å². The number of benzene rings is 2. The van der Waals surface area contributed by atoms with Crippen molar-refractivity contribution in [2.75, 3.05) is 145 Å². The molecule has 39 nitrogen and oxygen atoms in total. The molecule has 0 unspecified atom stereocenters. The normalized spacial score (nSPS) is 12.4. The quantitative estimate of drug-likeness (QED) is 0.0238. The Labute approximate surface area is 778 Å². The highest BCUT2D eigenvalue weighted by Crippen LogP contribution is 2.31. The number of aliphatic carboxylic acids is 3. The smallest absolute Gasteiger partial charge is 0.335 e. The molecule has 3 aromatic rings. The van der Waals surface area contributed by atoms with Gasteiger partial charge in [-0.15, -0.1) is 0 Å². The van der Waals surface area contributed by atoms with E-state index in [2.05, 4.69) is 36.6 Å². The lowest BCUT2D eigenvalue weighted by Gasteiger charge is -2.26. The molecule has 5 amide bonds. The first-order valence-electron chi connectivity index (χ1n) is 46.4. The molecule has 1 aromatic heterocycles. The van der Waals surface area contributed by atoms with Crippen LogP contribution in [-0.4, -0.2) is 287 Å².